The van der Waals surface area contributed by atoms with Crippen molar-refractivity contribution in [3.05, 3.63) is 36.0 Å². The molecule has 1 saturated heterocycles. The first-order valence-electron chi connectivity index (χ1n) is 9.70. The molecule has 2 heterocycles. The van der Waals surface area contributed by atoms with E-state index in [1.807, 2.05) is 24.3 Å². The van der Waals surface area contributed by atoms with Crippen molar-refractivity contribution in [2.75, 3.05) is 6.54 Å². The van der Waals surface area contributed by atoms with Crippen molar-refractivity contribution >= 4 is 34.6 Å². The van der Waals surface area contributed by atoms with Crippen LogP contribution in [0.1, 0.15) is 24.8 Å². The largest absolute Gasteiger partial charge is 0.480 e. The molecule has 10 nitrogen and oxygen atoms in total. The van der Waals surface area contributed by atoms with E-state index in [1.165, 1.54) is 4.90 Å². The molecule has 0 unspecified atom stereocenters. The number of amides is 3. The number of rotatable bonds is 8. The van der Waals surface area contributed by atoms with Crippen LogP contribution in [0.5, 0.6) is 0 Å². The van der Waals surface area contributed by atoms with Gasteiger partial charge in [0.05, 0.1) is 12.5 Å². The quantitative estimate of drug-likeness (QED) is 0.388. The van der Waals surface area contributed by atoms with Gasteiger partial charge in [-0.2, -0.15) is 0 Å². The molecule has 3 rings (SSSR count). The molecule has 0 saturated carbocycles. The maximum Gasteiger partial charge on any atom is 0.326 e. The fourth-order valence-corrected chi connectivity index (χ4v) is 3.80. The van der Waals surface area contributed by atoms with E-state index >= 15 is 0 Å². The lowest BCUT2D eigenvalue weighted by Gasteiger charge is -2.27. The number of likely N-dealkylation sites (tertiary alicyclic amines) is 1. The number of carboxylic acids is 1. The lowest BCUT2D eigenvalue weighted by Crippen LogP contribution is -2.55. The Bertz CT molecular complexity index is 971. The Kier molecular flexibility index (Phi) is 6.36. The fourth-order valence-electron chi connectivity index (χ4n) is 3.80. The second-order valence-electron chi connectivity index (χ2n) is 7.43. The number of fused-ring (bicyclic) bond motifs is 1. The van der Waals surface area contributed by atoms with Gasteiger partial charge in [-0.3, -0.25) is 14.4 Å². The number of aliphatic carboxylic acids is 1. The first-order chi connectivity index (χ1) is 14.3. The van der Waals surface area contributed by atoms with E-state index in [4.69, 9.17) is 11.5 Å². The van der Waals surface area contributed by atoms with Crippen LogP contribution in [-0.2, 0) is 25.6 Å². The minimum atomic E-state index is -1.26. The molecule has 0 spiro atoms. The highest BCUT2D eigenvalue weighted by Gasteiger charge is 2.38. The molecule has 3 amide bonds. The lowest BCUT2D eigenvalue weighted by atomic mass is 10.0. The first-order valence-corrected chi connectivity index (χ1v) is 9.70. The van der Waals surface area contributed by atoms with Gasteiger partial charge in [0.15, 0.2) is 0 Å². The van der Waals surface area contributed by atoms with E-state index in [0.717, 1.165) is 16.5 Å². The molecule has 0 radical (unpaired) electrons. The van der Waals surface area contributed by atoms with Gasteiger partial charge >= 0.3 is 5.97 Å². The van der Waals surface area contributed by atoms with Crippen LogP contribution in [0.2, 0.25) is 0 Å². The highest BCUT2D eigenvalue weighted by Crippen LogP contribution is 2.20. The highest BCUT2D eigenvalue weighted by molar-refractivity contribution is 5.95. The van der Waals surface area contributed by atoms with Gasteiger partial charge in [0, 0.05) is 23.6 Å². The summed E-state index contributed by atoms with van der Waals surface area (Å²) in [5, 5.41) is 12.7. The Balaban J connectivity index is 1.70. The van der Waals surface area contributed by atoms with Crippen molar-refractivity contribution in [1.29, 1.82) is 0 Å². The number of carbonyl (C=O) groups excluding carboxylic acids is 3. The van der Waals surface area contributed by atoms with Gasteiger partial charge in [0.2, 0.25) is 17.7 Å². The van der Waals surface area contributed by atoms with E-state index in [9.17, 15) is 24.3 Å². The van der Waals surface area contributed by atoms with Gasteiger partial charge < -0.3 is 31.8 Å². The minimum Gasteiger partial charge on any atom is -0.480 e. The van der Waals surface area contributed by atoms with Crippen LogP contribution >= 0.6 is 0 Å². The SMILES string of the molecule is NC(=O)C[C@H](NC(=O)[C@@H](N)Cc1c[nH]c2ccccc12)C(=O)N1CCC[C@@H]1C(=O)O. The zero-order valence-electron chi connectivity index (χ0n) is 16.3. The van der Waals surface area contributed by atoms with E-state index in [2.05, 4.69) is 10.3 Å². The molecule has 1 aliphatic heterocycles. The molecule has 0 aliphatic carbocycles. The third-order valence-electron chi connectivity index (χ3n) is 5.29. The normalized spacial score (nSPS) is 18.2. The highest BCUT2D eigenvalue weighted by atomic mass is 16.4. The summed E-state index contributed by atoms with van der Waals surface area (Å²) in [4.78, 5) is 52.6. The Morgan fingerprint density at radius 2 is 2.00 bits per heavy atom. The Hall–Kier alpha value is -3.40. The van der Waals surface area contributed by atoms with Crippen LogP contribution in [-0.4, -0.2) is 63.4 Å². The topological polar surface area (TPSA) is 172 Å². The molecular weight excluding hydrogens is 390 g/mol. The molecule has 1 fully saturated rings. The summed E-state index contributed by atoms with van der Waals surface area (Å²) in [6.45, 7) is 0.238. The second-order valence-corrected chi connectivity index (χ2v) is 7.43. The van der Waals surface area contributed by atoms with Gasteiger partial charge in [0.25, 0.3) is 0 Å². The van der Waals surface area contributed by atoms with E-state index in [0.29, 0.717) is 12.8 Å². The van der Waals surface area contributed by atoms with Crippen LogP contribution in [0, 0.1) is 0 Å². The zero-order chi connectivity index (χ0) is 21.8. The predicted molar refractivity (Wildman–Crippen MR) is 108 cm³/mol. The number of aromatic amines is 1. The van der Waals surface area contributed by atoms with Crippen molar-refractivity contribution < 1.29 is 24.3 Å². The number of hydrogen-bond acceptors (Lipinski definition) is 5. The summed E-state index contributed by atoms with van der Waals surface area (Å²) in [6.07, 6.45) is 2.39. The molecule has 3 atom stereocenters. The van der Waals surface area contributed by atoms with Crippen molar-refractivity contribution in [2.45, 2.75) is 43.8 Å². The predicted octanol–water partition coefficient (Wildman–Crippen LogP) is -0.526. The Morgan fingerprint density at radius 1 is 1.27 bits per heavy atom. The number of aromatic nitrogens is 1. The molecule has 1 aliphatic rings. The van der Waals surface area contributed by atoms with Crippen molar-refractivity contribution in [1.82, 2.24) is 15.2 Å². The average molecular weight is 415 g/mol. The number of nitrogens with zero attached hydrogens (tertiary/aromatic N) is 1. The van der Waals surface area contributed by atoms with Gasteiger partial charge in [-0.1, -0.05) is 18.2 Å². The van der Waals surface area contributed by atoms with Crippen LogP contribution < -0.4 is 16.8 Å². The summed E-state index contributed by atoms with van der Waals surface area (Å²) >= 11 is 0. The first kappa shape index (κ1) is 21.3. The van der Waals surface area contributed by atoms with E-state index < -0.39 is 48.2 Å². The number of benzene rings is 1. The molecule has 0 bridgehead atoms. The summed E-state index contributed by atoms with van der Waals surface area (Å²) in [5.74, 6) is -3.18. The van der Waals surface area contributed by atoms with Gasteiger partial charge in [0.1, 0.15) is 12.1 Å². The van der Waals surface area contributed by atoms with E-state index in [-0.39, 0.29) is 13.0 Å². The molecule has 1 aromatic heterocycles. The smallest absolute Gasteiger partial charge is 0.326 e. The lowest BCUT2D eigenvalue weighted by molar-refractivity contribution is -0.149. The third kappa shape index (κ3) is 4.60. The zero-order valence-corrected chi connectivity index (χ0v) is 16.3. The molecule has 2 aromatic rings. The van der Waals surface area contributed by atoms with Crippen LogP contribution in [0.15, 0.2) is 30.5 Å². The molecule has 7 N–H and O–H groups in total. The monoisotopic (exact) mass is 415 g/mol. The molecule has 10 heteroatoms. The standard InChI is InChI=1S/C20H25N5O5/c21-13(8-11-10-23-14-5-2-1-4-12(11)14)18(27)24-15(9-17(22)26)19(28)25-7-3-6-16(25)20(29)30/h1-2,4-5,10,13,15-16,23H,3,6-9,21H2,(H2,22,26)(H,24,27)(H,29,30)/t13-,15-,16+/m0/s1. The average Bonchev–Trinajstić information content (AvgIpc) is 3.34. The van der Waals surface area contributed by atoms with Crippen LogP contribution in [0.4, 0.5) is 0 Å². The number of carbonyl (C=O) groups is 4. The van der Waals surface area contributed by atoms with Gasteiger partial charge in [-0.25, -0.2) is 4.79 Å². The van der Waals surface area contributed by atoms with E-state index in [1.54, 1.807) is 6.20 Å². The Labute approximate surface area is 172 Å². The van der Waals surface area contributed by atoms with Crippen molar-refractivity contribution in [3.63, 3.8) is 0 Å². The molecule has 1 aromatic carbocycles. The van der Waals surface area contributed by atoms with Gasteiger partial charge in [-0.15, -0.1) is 0 Å². The van der Waals surface area contributed by atoms with Crippen molar-refractivity contribution in [2.24, 2.45) is 11.5 Å². The maximum absolute atomic E-state index is 12.8. The molecule has 160 valence electrons. The van der Waals surface area contributed by atoms with Gasteiger partial charge in [-0.05, 0) is 30.9 Å². The number of H-pyrrole nitrogens is 1. The summed E-state index contributed by atoms with van der Waals surface area (Å²) < 4.78 is 0. The number of carboxylic acid groups (broad SMARTS) is 1. The minimum absolute atomic E-state index is 0.217. The summed E-state index contributed by atoms with van der Waals surface area (Å²) in [6, 6.07) is 4.36. The number of hydrogen-bond donors (Lipinski definition) is 5. The summed E-state index contributed by atoms with van der Waals surface area (Å²) in [5.41, 5.74) is 13.0. The number of primary amides is 1. The number of para-hydroxylation sites is 1. The molecular formula is C20H25N5O5. The third-order valence-corrected chi connectivity index (χ3v) is 5.29. The van der Waals surface area contributed by atoms with Crippen molar-refractivity contribution in [3.8, 4) is 0 Å². The van der Waals surface area contributed by atoms with Crippen LogP contribution in [0.3, 0.4) is 0 Å². The number of nitrogens with two attached hydrogens (primary N) is 2. The number of nitrogens with one attached hydrogen (secondary N) is 2. The molecule has 30 heavy (non-hydrogen) atoms. The van der Waals surface area contributed by atoms with Crippen LogP contribution in [0.25, 0.3) is 10.9 Å². The second kappa shape index (κ2) is 8.95. The Morgan fingerprint density at radius 3 is 2.70 bits per heavy atom. The summed E-state index contributed by atoms with van der Waals surface area (Å²) in [7, 11) is 0. The fraction of sp³-hybridized carbons (Fsp3) is 0.400. The maximum atomic E-state index is 12.8.